The van der Waals surface area contributed by atoms with Crippen LogP contribution in [0.3, 0.4) is 0 Å². The van der Waals surface area contributed by atoms with Crippen LogP contribution in [-0.2, 0) is 30.2 Å². The van der Waals surface area contributed by atoms with Gasteiger partial charge in [-0.2, -0.15) is 0 Å². The molecule has 3 rings (SSSR count). The second-order valence-corrected chi connectivity index (χ2v) is 7.24. The Hall–Kier alpha value is -1.34. The van der Waals surface area contributed by atoms with Gasteiger partial charge in [0.2, 0.25) is 0 Å². The molecular formula is C22H32CuN6-2. The van der Waals surface area contributed by atoms with E-state index in [9.17, 15) is 0 Å². The van der Waals surface area contributed by atoms with Gasteiger partial charge in [-0.15, -0.1) is 26.2 Å². The fourth-order valence-electron chi connectivity index (χ4n) is 3.44. The van der Waals surface area contributed by atoms with E-state index in [2.05, 4.69) is 44.0 Å². The number of hydrogen-bond acceptors (Lipinski definition) is 4. The first-order chi connectivity index (χ1) is 13.9. The van der Waals surface area contributed by atoms with Gasteiger partial charge in [-0.3, -0.25) is 19.8 Å². The molecule has 0 atom stereocenters. The van der Waals surface area contributed by atoms with Crippen LogP contribution in [0.2, 0.25) is 0 Å². The molecule has 3 heterocycles. The summed E-state index contributed by atoms with van der Waals surface area (Å²) in [5.74, 6) is 0. The molecular weight excluding hydrogens is 412 g/mol. The van der Waals surface area contributed by atoms with Crippen LogP contribution < -0.4 is 0 Å². The maximum absolute atomic E-state index is 4.76. The minimum absolute atomic E-state index is 0. The van der Waals surface area contributed by atoms with Gasteiger partial charge < -0.3 is 10.6 Å². The van der Waals surface area contributed by atoms with Crippen molar-refractivity contribution in [3.63, 3.8) is 0 Å². The van der Waals surface area contributed by atoms with Crippen LogP contribution in [0.4, 0.5) is 0 Å². The topological polar surface area (TPSA) is 60.5 Å². The fourth-order valence-corrected chi connectivity index (χ4v) is 3.44. The van der Waals surface area contributed by atoms with Gasteiger partial charge in [-0.25, -0.2) is 0 Å². The number of nitrogens with zero attached hydrogens (tertiary/aromatic N) is 6. The smallest absolute Gasteiger partial charge is 0.0543 e. The first-order valence-electron chi connectivity index (χ1n) is 10.4. The molecule has 0 spiro atoms. The Balaban J connectivity index is 0.00000300. The van der Waals surface area contributed by atoms with E-state index in [0.29, 0.717) is 0 Å². The molecule has 1 radical (unpaired) electrons. The summed E-state index contributed by atoms with van der Waals surface area (Å²) in [6.45, 7) is 9.51. The molecule has 0 saturated carbocycles. The molecule has 29 heavy (non-hydrogen) atoms. The SMILES string of the molecule is [Cu].c1ccc(CN2CCC[N-]CCN(Cc3ccccn3)CCC[N-]CC2)nc1. The van der Waals surface area contributed by atoms with Crippen molar-refractivity contribution in [3.05, 3.63) is 70.8 Å². The first-order valence-corrected chi connectivity index (χ1v) is 10.4. The van der Waals surface area contributed by atoms with Crippen LogP contribution in [0, 0.1) is 0 Å². The Morgan fingerprint density at radius 3 is 1.55 bits per heavy atom. The monoisotopic (exact) mass is 443 g/mol. The Kier molecular flexibility index (Phi) is 12.1. The van der Waals surface area contributed by atoms with Gasteiger partial charge in [0.25, 0.3) is 0 Å². The van der Waals surface area contributed by atoms with Gasteiger partial charge in [-0.1, -0.05) is 25.0 Å². The second-order valence-electron chi connectivity index (χ2n) is 7.24. The predicted molar refractivity (Wildman–Crippen MR) is 114 cm³/mol. The van der Waals surface area contributed by atoms with Crippen molar-refractivity contribution >= 4 is 0 Å². The maximum atomic E-state index is 4.76. The van der Waals surface area contributed by atoms with Crippen LogP contribution in [0.5, 0.6) is 0 Å². The molecule has 1 saturated heterocycles. The van der Waals surface area contributed by atoms with Gasteiger partial charge in [-0.05, 0) is 50.4 Å². The summed E-state index contributed by atoms with van der Waals surface area (Å²) in [4.78, 5) is 13.8. The predicted octanol–water partition coefficient (Wildman–Crippen LogP) is 3.32. The molecule has 0 aliphatic carbocycles. The van der Waals surface area contributed by atoms with Gasteiger partial charge in [0, 0.05) is 42.6 Å². The van der Waals surface area contributed by atoms with Crippen LogP contribution in [0.1, 0.15) is 24.2 Å². The molecule has 0 unspecified atom stereocenters. The third-order valence-electron chi connectivity index (χ3n) is 4.95. The number of rotatable bonds is 4. The van der Waals surface area contributed by atoms with E-state index in [-0.39, 0.29) is 17.1 Å². The molecule has 0 N–H and O–H groups in total. The van der Waals surface area contributed by atoms with Gasteiger partial charge in [0.15, 0.2) is 0 Å². The minimum Gasteiger partial charge on any atom is -0.661 e. The van der Waals surface area contributed by atoms with E-state index in [1.54, 1.807) is 0 Å². The number of aromatic nitrogens is 2. The fraction of sp³-hybridized carbons (Fsp3) is 0.545. The minimum atomic E-state index is 0. The van der Waals surface area contributed by atoms with Crippen molar-refractivity contribution in [3.8, 4) is 0 Å². The molecule has 7 heteroatoms. The van der Waals surface area contributed by atoms with E-state index in [1.807, 2.05) is 24.5 Å². The van der Waals surface area contributed by atoms with Gasteiger partial charge in [0.1, 0.15) is 0 Å². The Morgan fingerprint density at radius 2 is 1.14 bits per heavy atom. The molecule has 0 bridgehead atoms. The molecule has 6 nitrogen and oxygen atoms in total. The van der Waals surface area contributed by atoms with Crippen LogP contribution >= 0.6 is 0 Å². The Morgan fingerprint density at radius 1 is 0.655 bits per heavy atom. The normalized spacial score (nSPS) is 18.5. The molecule has 2 aromatic rings. The van der Waals surface area contributed by atoms with Gasteiger partial charge in [0.05, 0.1) is 11.4 Å². The largest absolute Gasteiger partial charge is 0.661 e. The third-order valence-corrected chi connectivity index (χ3v) is 4.95. The Bertz CT molecular complexity index is 569. The molecule has 1 fully saturated rings. The first kappa shape index (κ1) is 23.9. The molecule has 163 valence electrons. The summed E-state index contributed by atoms with van der Waals surface area (Å²) in [6, 6.07) is 12.3. The standard InChI is InChI=1S/C22H32N6.Cu/c1-3-11-25-21(7-1)19-27-15-5-9-24-14-18-28(16-6-10-23-13-17-27)20-22-8-2-4-12-26-22;/h1-4,7-8,11-12H,5-6,9-10,13-20H2;/q-2;. The van der Waals surface area contributed by atoms with Crippen molar-refractivity contribution in [1.29, 1.82) is 0 Å². The van der Waals surface area contributed by atoms with Crippen molar-refractivity contribution in [1.82, 2.24) is 19.8 Å². The number of hydrogen-bond donors (Lipinski definition) is 0. The molecule has 1 aliphatic heterocycles. The quantitative estimate of drug-likeness (QED) is 0.680. The summed E-state index contributed by atoms with van der Waals surface area (Å²) in [5, 5.41) is 9.53. The molecule has 0 amide bonds. The molecule has 1 aliphatic rings. The van der Waals surface area contributed by atoms with Crippen LogP contribution in [-0.4, -0.2) is 72.1 Å². The second kappa shape index (κ2) is 14.6. The van der Waals surface area contributed by atoms with E-state index < -0.39 is 0 Å². The van der Waals surface area contributed by atoms with E-state index >= 15 is 0 Å². The summed E-state index contributed by atoms with van der Waals surface area (Å²) in [5.41, 5.74) is 2.26. The zero-order valence-corrected chi connectivity index (χ0v) is 18.0. The summed E-state index contributed by atoms with van der Waals surface area (Å²) < 4.78 is 0. The van der Waals surface area contributed by atoms with Gasteiger partial charge >= 0.3 is 0 Å². The Labute approximate surface area is 186 Å². The zero-order valence-electron chi connectivity index (χ0n) is 17.1. The summed E-state index contributed by atoms with van der Waals surface area (Å²) >= 11 is 0. The van der Waals surface area contributed by atoms with Crippen LogP contribution in [0.15, 0.2) is 48.8 Å². The third kappa shape index (κ3) is 9.81. The average Bonchev–Trinajstić information content (AvgIpc) is 2.73. The van der Waals surface area contributed by atoms with Crippen LogP contribution in [0.25, 0.3) is 10.6 Å². The summed E-state index contributed by atoms with van der Waals surface area (Å²) in [7, 11) is 0. The molecule has 0 aromatic carbocycles. The van der Waals surface area contributed by atoms with E-state index in [1.165, 1.54) is 0 Å². The van der Waals surface area contributed by atoms with Crippen molar-refractivity contribution in [2.24, 2.45) is 0 Å². The van der Waals surface area contributed by atoms with E-state index in [4.69, 9.17) is 10.6 Å². The molecule has 2 aromatic heterocycles. The van der Waals surface area contributed by atoms with Crippen molar-refractivity contribution < 1.29 is 17.1 Å². The number of pyridine rings is 2. The van der Waals surface area contributed by atoms with Crippen molar-refractivity contribution in [2.75, 3.05) is 52.4 Å². The maximum Gasteiger partial charge on any atom is 0.0543 e. The van der Waals surface area contributed by atoms with E-state index in [0.717, 1.165) is 89.7 Å². The van der Waals surface area contributed by atoms with Crippen molar-refractivity contribution in [2.45, 2.75) is 25.9 Å². The summed E-state index contributed by atoms with van der Waals surface area (Å²) in [6.07, 6.45) is 5.92. The zero-order chi connectivity index (χ0) is 19.3. The average molecular weight is 444 g/mol.